The van der Waals surface area contributed by atoms with Gasteiger partial charge in [0.25, 0.3) is 0 Å². The number of rotatable bonds is 5. The Kier molecular flexibility index (Phi) is 4.30. The molecule has 1 rings (SSSR count). The summed E-state index contributed by atoms with van der Waals surface area (Å²) in [4.78, 5) is 11.0. The van der Waals surface area contributed by atoms with Crippen LogP contribution in [0.25, 0.3) is 0 Å². The van der Waals surface area contributed by atoms with Crippen molar-refractivity contribution < 1.29 is 30.0 Å². The molecule has 4 N–H and O–H groups in total. The van der Waals surface area contributed by atoms with E-state index in [4.69, 9.17) is 14.9 Å². The van der Waals surface area contributed by atoms with Crippen LogP contribution in [0.4, 0.5) is 0 Å². The van der Waals surface area contributed by atoms with Gasteiger partial charge >= 0.3 is 5.97 Å². The molecule has 6 nitrogen and oxygen atoms in total. The fourth-order valence-corrected chi connectivity index (χ4v) is 1.51. The molecule has 1 unspecified atom stereocenters. The Balaban J connectivity index is 3.21. The van der Waals surface area contributed by atoms with Gasteiger partial charge in [-0.1, -0.05) is 6.07 Å². The molecule has 0 saturated carbocycles. The highest BCUT2D eigenvalue weighted by Crippen LogP contribution is 2.32. The zero-order chi connectivity index (χ0) is 13.0. The average Bonchev–Trinajstić information content (AvgIpc) is 2.28. The number of aromatic carboxylic acids is 1. The van der Waals surface area contributed by atoms with E-state index in [2.05, 4.69) is 0 Å². The van der Waals surface area contributed by atoms with E-state index < -0.39 is 24.4 Å². The first kappa shape index (κ1) is 13.3. The molecule has 0 radical (unpaired) electrons. The number of benzene rings is 1. The normalized spacial score (nSPS) is 12.2. The Labute approximate surface area is 97.7 Å². The fraction of sp³-hybridized carbons (Fsp3) is 0.364. The summed E-state index contributed by atoms with van der Waals surface area (Å²) < 4.78 is 4.80. The first-order valence-electron chi connectivity index (χ1n) is 4.92. The molecule has 0 aliphatic rings. The van der Waals surface area contributed by atoms with Gasteiger partial charge in [0.1, 0.15) is 5.56 Å². The summed E-state index contributed by atoms with van der Waals surface area (Å²) in [7, 11) is 1.31. The SMILES string of the molecule is COc1ccc(CC(O)CO)c(C(=O)O)c1O. The molecular weight excluding hydrogens is 228 g/mol. The zero-order valence-electron chi connectivity index (χ0n) is 9.25. The molecular formula is C11H14O6. The molecule has 0 aromatic heterocycles. The quantitative estimate of drug-likeness (QED) is 0.578. The van der Waals surface area contributed by atoms with Gasteiger partial charge in [0.05, 0.1) is 19.8 Å². The molecule has 17 heavy (non-hydrogen) atoms. The second kappa shape index (κ2) is 5.51. The average molecular weight is 242 g/mol. The molecule has 0 heterocycles. The maximum Gasteiger partial charge on any atom is 0.339 e. The third kappa shape index (κ3) is 2.86. The Bertz CT molecular complexity index is 415. The molecule has 0 fully saturated rings. The van der Waals surface area contributed by atoms with E-state index in [1.165, 1.54) is 19.2 Å². The lowest BCUT2D eigenvalue weighted by atomic mass is 10.0. The van der Waals surface area contributed by atoms with Crippen LogP contribution in [-0.4, -0.2) is 46.2 Å². The maximum atomic E-state index is 11.0. The Morgan fingerprint density at radius 3 is 2.59 bits per heavy atom. The predicted octanol–water partition coefficient (Wildman–Crippen LogP) is -0.00530. The number of aromatic hydroxyl groups is 1. The summed E-state index contributed by atoms with van der Waals surface area (Å²) in [6.07, 6.45) is -1.13. The first-order chi connectivity index (χ1) is 8.01. The molecule has 0 bridgehead atoms. The van der Waals surface area contributed by atoms with Gasteiger partial charge in [-0.15, -0.1) is 0 Å². The van der Waals surface area contributed by atoms with Gasteiger partial charge in [0.2, 0.25) is 0 Å². The van der Waals surface area contributed by atoms with Crippen LogP contribution in [0.1, 0.15) is 15.9 Å². The highest BCUT2D eigenvalue weighted by atomic mass is 16.5. The number of hydrogen-bond acceptors (Lipinski definition) is 5. The van der Waals surface area contributed by atoms with Crippen LogP contribution in [0.5, 0.6) is 11.5 Å². The van der Waals surface area contributed by atoms with Crippen molar-refractivity contribution in [3.05, 3.63) is 23.3 Å². The van der Waals surface area contributed by atoms with Crippen molar-refractivity contribution in [2.24, 2.45) is 0 Å². The number of hydrogen-bond donors (Lipinski definition) is 4. The largest absolute Gasteiger partial charge is 0.504 e. The van der Waals surface area contributed by atoms with Gasteiger partial charge in [-0.05, 0) is 11.6 Å². The predicted molar refractivity (Wildman–Crippen MR) is 58.4 cm³/mol. The molecule has 6 heteroatoms. The molecule has 0 saturated heterocycles. The van der Waals surface area contributed by atoms with E-state index in [0.29, 0.717) is 0 Å². The molecule has 94 valence electrons. The number of ether oxygens (including phenoxy) is 1. The van der Waals surface area contributed by atoms with Crippen molar-refractivity contribution in [3.8, 4) is 11.5 Å². The number of carbonyl (C=O) groups is 1. The van der Waals surface area contributed by atoms with Crippen LogP contribution in [-0.2, 0) is 6.42 Å². The number of aliphatic hydroxyl groups is 2. The van der Waals surface area contributed by atoms with Gasteiger partial charge in [-0.25, -0.2) is 4.79 Å². The summed E-state index contributed by atoms with van der Waals surface area (Å²) in [6, 6.07) is 2.84. The van der Waals surface area contributed by atoms with Crippen LogP contribution < -0.4 is 4.74 Å². The topological polar surface area (TPSA) is 107 Å². The van der Waals surface area contributed by atoms with Gasteiger partial charge < -0.3 is 25.2 Å². The Hall–Kier alpha value is -1.79. The number of carboxylic acids is 1. The lowest BCUT2D eigenvalue weighted by Crippen LogP contribution is -2.17. The van der Waals surface area contributed by atoms with Crippen LogP contribution in [0.3, 0.4) is 0 Å². The minimum Gasteiger partial charge on any atom is -0.504 e. The summed E-state index contributed by atoms with van der Waals surface area (Å²) in [5.41, 5.74) is -0.0887. The van der Waals surface area contributed by atoms with E-state index in [9.17, 15) is 15.0 Å². The smallest absolute Gasteiger partial charge is 0.339 e. The summed E-state index contributed by atoms with van der Waals surface area (Å²) >= 11 is 0. The van der Waals surface area contributed by atoms with Crippen molar-refractivity contribution >= 4 is 5.97 Å². The van der Waals surface area contributed by atoms with Crippen LogP contribution in [0, 0.1) is 0 Å². The van der Waals surface area contributed by atoms with Crippen LogP contribution in [0.2, 0.25) is 0 Å². The van der Waals surface area contributed by atoms with E-state index in [0.717, 1.165) is 0 Å². The molecule has 0 aliphatic carbocycles. The molecule has 1 atom stereocenters. The number of phenols is 1. The Morgan fingerprint density at radius 2 is 2.12 bits per heavy atom. The lowest BCUT2D eigenvalue weighted by molar-refractivity contribution is 0.0687. The molecule has 0 amide bonds. The van der Waals surface area contributed by atoms with Crippen LogP contribution in [0.15, 0.2) is 12.1 Å². The standard InChI is InChI=1S/C11H14O6/c1-17-8-3-2-6(4-7(13)5-12)9(10(8)14)11(15)16/h2-3,7,12-14H,4-5H2,1H3,(H,15,16). The molecule has 0 spiro atoms. The third-order valence-electron chi connectivity index (χ3n) is 2.33. The van der Waals surface area contributed by atoms with Crippen molar-refractivity contribution in [2.75, 3.05) is 13.7 Å². The minimum atomic E-state index is -1.32. The van der Waals surface area contributed by atoms with Crippen LogP contribution >= 0.6 is 0 Å². The van der Waals surface area contributed by atoms with E-state index in [1.807, 2.05) is 0 Å². The molecule has 0 aliphatic heterocycles. The monoisotopic (exact) mass is 242 g/mol. The summed E-state index contributed by atoms with van der Waals surface area (Å²) in [5, 5.41) is 36.7. The van der Waals surface area contributed by atoms with E-state index >= 15 is 0 Å². The van der Waals surface area contributed by atoms with Gasteiger partial charge in [-0.3, -0.25) is 0 Å². The fourth-order valence-electron chi connectivity index (χ4n) is 1.51. The summed E-state index contributed by atoms with van der Waals surface area (Å²) in [6.45, 7) is -0.480. The molecule has 1 aromatic carbocycles. The second-order valence-corrected chi connectivity index (χ2v) is 3.50. The lowest BCUT2D eigenvalue weighted by Gasteiger charge is -2.13. The first-order valence-corrected chi connectivity index (χ1v) is 4.92. The maximum absolute atomic E-state index is 11.0. The number of aliphatic hydroxyl groups excluding tert-OH is 2. The Morgan fingerprint density at radius 1 is 1.47 bits per heavy atom. The summed E-state index contributed by atoms with van der Waals surface area (Å²) in [5.74, 6) is -1.76. The molecule has 1 aromatic rings. The van der Waals surface area contributed by atoms with Gasteiger partial charge in [0, 0.05) is 6.42 Å². The van der Waals surface area contributed by atoms with Crippen molar-refractivity contribution in [3.63, 3.8) is 0 Å². The van der Waals surface area contributed by atoms with Crippen molar-refractivity contribution in [1.29, 1.82) is 0 Å². The second-order valence-electron chi connectivity index (χ2n) is 3.50. The minimum absolute atomic E-state index is 0.0460. The number of methoxy groups -OCH3 is 1. The highest BCUT2D eigenvalue weighted by Gasteiger charge is 2.20. The zero-order valence-corrected chi connectivity index (χ0v) is 9.25. The van der Waals surface area contributed by atoms with Crippen molar-refractivity contribution in [1.82, 2.24) is 0 Å². The highest BCUT2D eigenvalue weighted by molar-refractivity contribution is 5.93. The number of carboxylic acid groups (broad SMARTS) is 1. The van der Waals surface area contributed by atoms with Gasteiger partial charge in [0.15, 0.2) is 11.5 Å². The third-order valence-corrected chi connectivity index (χ3v) is 2.33. The van der Waals surface area contributed by atoms with Gasteiger partial charge in [-0.2, -0.15) is 0 Å². The van der Waals surface area contributed by atoms with E-state index in [-0.39, 0.29) is 23.3 Å². The van der Waals surface area contributed by atoms with E-state index in [1.54, 1.807) is 0 Å². The van der Waals surface area contributed by atoms with Crippen molar-refractivity contribution in [2.45, 2.75) is 12.5 Å².